The van der Waals surface area contributed by atoms with Crippen LogP contribution in [-0.4, -0.2) is 49.1 Å². The zero-order valence-corrected chi connectivity index (χ0v) is 17.0. The van der Waals surface area contributed by atoms with Crippen molar-refractivity contribution in [3.63, 3.8) is 0 Å². The van der Waals surface area contributed by atoms with Crippen molar-refractivity contribution in [3.05, 3.63) is 58.9 Å². The molecule has 2 aromatic rings. The number of rotatable bonds is 4. The molecule has 0 bridgehead atoms. The zero-order chi connectivity index (χ0) is 23.1. The van der Waals surface area contributed by atoms with Crippen LogP contribution in [0.2, 0.25) is 0 Å². The van der Waals surface area contributed by atoms with Gasteiger partial charge in [0.2, 0.25) is 10.0 Å². The smallest absolute Gasteiger partial charge is 0.272 e. The molecule has 3 rings (SSSR count). The SMILES string of the molecule is Cc1cc(N(N)C(=O)c2ccc(F)c(S(=O)(=O)N3CCC(O)C(F)C3)c2)cc(F)c1F. The number of alkyl halides is 1. The Kier molecular flexibility index (Phi) is 6.37. The van der Waals surface area contributed by atoms with E-state index in [0.29, 0.717) is 15.4 Å². The number of aliphatic hydroxyl groups is 1. The molecule has 7 nitrogen and oxygen atoms in total. The summed E-state index contributed by atoms with van der Waals surface area (Å²) < 4.78 is 81.5. The van der Waals surface area contributed by atoms with E-state index in [2.05, 4.69) is 0 Å². The van der Waals surface area contributed by atoms with Gasteiger partial charge in [-0.25, -0.2) is 36.8 Å². The largest absolute Gasteiger partial charge is 0.390 e. The number of carbonyl (C=O) groups excluding carboxylic acids is 1. The fourth-order valence-electron chi connectivity index (χ4n) is 3.16. The first kappa shape index (κ1) is 23.1. The average molecular weight is 461 g/mol. The van der Waals surface area contributed by atoms with E-state index >= 15 is 0 Å². The van der Waals surface area contributed by atoms with E-state index in [1.54, 1.807) is 0 Å². The fourth-order valence-corrected chi connectivity index (χ4v) is 4.71. The first-order valence-electron chi connectivity index (χ1n) is 9.10. The average Bonchev–Trinajstić information content (AvgIpc) is 2.72. The normalized spacial score (nSPS) is 20.0. The molecule has 2 atom stereocenters. The maximum Gasteiger partial charge on any atom is 0.272 e. The number of amides is 1. The van der Waals surface area contributed by atoms with Crippen molar-refractivity contribution in [2.24, 2.45) is 5.84 Å². The molecular formula is C19H19F4N3O4S. The maximum atomic E-state index is 14.3. The minimum Gasteiger partial charge on any atom is -0.390 e. The Balaban J connectivity index is 1.94. The van der Waals surface area contributed by atoms with Crippen LogP contribution in [0.15, 0.2) is 35.2 Å². The lowest BCUT2D eigenvalue weighted by Crippen LogP contribution is -2.47. The summed E-state index contributed by atoms with van der Waals surface area (Å²) >= 11 is 0. The van der Waals surface area contributed by atoms with Crippen molar-refractivity contribution in [1.29, 1.82) is 0 Å². The van der Waals surface area contributed by atoms with E-state index < -0.39 is 57.1 Å². The van der Waals surface area contributed by atoms with Crippen molar-refractivity contribution in [2.75, 3.05) is 18.1 Å². The van der Waals surface area contributed by atoms with Crippen molar-refractivity contribution in [3.8, 4) is 0 Å². The lowest BCUT2D eigenvalue weighted by Gasteiger charge is -2.31. The number of piperidine rings is 1. The van der Waals surface area contributed by atoms with Crippen LogP contribution < -0.4 is 10.9 Å². The Hall–Kier alpha value is -2.54. The van der Waals surface area contributed by atoms with Gasteiger partial charge >= 0.3 is 0 Å². The number of aryl methyl sites for hydroxylation is 1. The number of halogens is 4. The number of nitrogens with two attached hydrogens (primary N) is 1. The molecule has 0 saturated carbocycles. The number of anilines is 1. The summed E-state index contributed by atoms with van der Waals surface area (Å²) in [5.41, 5.74) is -0.673. The number of carbonyl (C=O) groups is 1. The van der Waals surface area contributed by atoms with Crippen molar-refractivity contribution >= 4 is 21.6 Å². The lowest BCUT2D eigenvalue weighted by molar-refractivity contribution is 0.0303. The van der Waals surface area contributed by atoms with Crippen molar-refractivity contribution < 1.29 is 35.9 Å². The van der Waals surface area contributed by atoms with Gasteiger partial charge in [-0.05, 0) is 43.2 Å². The van der Waals surface area contributed by atoms with Crippen LogP contribution in [0, 0.1) is 24.4 Å². The standard InChI is InChI=1S/C19H19F4N3O4S/c1-10-6-12(8-14(21)18(10)23)26(24)19(28)11-2-3-13(20)17(7-11)31(29,30)25-5-4-16(27)15(22)9-25/h2-3,6-8,15-16,27H,4-5,9,24H2,1H3. The predicted molar refractivity (Wildman–Crippen MR) is 103 cm³/mol. The second kappa shape index (κ2) is 8.54. The molecule has 0 radical (unpaired) electrons. The van der Waals surface area contributed by atoms with E-state index in [9.17, 15) is 35.9 Å². The van der Waals surface area contributed by atoms with E-state index in [1.165, 1.54) is 6.92 Å². The summed E-state index contributed by atoms with van der Waals surface area (Å²) in [4.78, 5) is 11.8. The zero-order valence-electron chi connectivity index (χ0n) is 16.2. The summed E-state index contributed by atoms with van der Waals surface area (Å²) in [6.45, 7) is 0.355. The first-order chi connectivity index (χ1) is 14.4. The van der Waals surface area contributed by atoms with Crippen LogP contribution in [-0.2, 0) is 10.0 Å². The lowest BCUT2D eigenvalue weighted by atomic mass is 10.1. The molecule has 1 heterocycles. The van der Waals surface area contributed by atoms with Gasteiger partial charge in [0.15, 0.2) is 11.6 Å². The third kappa shape index (κ3) is 4.42. The Morgan fingerprint density at radius 1 is 1.19 bits per heavy atom. The molecule has 1 aliphatic rings. The molecule has 2 aromatic carbocycles. The fraction of sp³-hybridized carbons (Fsp3) is 0.316. The molecular weight excluding hydrogens is 442 g/mol. The second-order valence-electron chi connectivity index (χ2n) is 7.11. The summed E-state index contributed by atoms with van der Waals surface area (Å²) in [5.74, 6) is 1.15. The van der Waals surface area contributed by atoms with Crippen molar-refractivity contribution in [2.45, 2.75) is 30.5 Å². The van der Waals surface area contributed by atoms with Gasteiger partial charge in [-0.1, -0.05) is 0 Å². The van der Waals surface area contributed by atoms with Gasteiger partial charge in [-0.15, -0.1) is 0 Å². The van der Waals surface area contributed by atoms with Gasteiger partial charge < -0.3 is 5.11 Å². The number of hydrazine groups is 1. The molecule has 1 aliphatic heterocycles. The van der Waals surface area contributed by atoms with Gasteiger partial charge in [0.25, 0.3) is 5.91 Å². The minimum atomic E-state index is -4.53. The Morgan fingerprint density at radius 3 is 2.48 bits per heavy atom. The second-order valence-corrected chi connectivity index (χ2v) is 9.02. The molecule has 168 valence electrons. The highest BCUT2D eigenvalue weighted by Crippen LogP contribution is 2.27. The van der Waals surface area contributed by atoms with Crippen LogP contribution in [0.3, 0.4) is 0 Å². The van der Waals surface area contributed by atoms with Gasteiger partial charge in [0.05, 0.1) is 11.8 Å². The van der Waals surface area contributed by atoms with Gasteiger partial charge in [0, 0.05) is 24.7 Å². The summed E-state index contributed by atoms with van der Waals surface area (Å²) in [6, 6.07) is 4.23. The number of hydrogen-bond donors (Lipinski definition) is 2. The number of sulfonamides is 1. The Labute approximate surface area is 175 Å². The highest BCUT2D eigenvalue weighted by molar-refractivity contribution is 7.89. The molecule has 1 fully saturated rings. The highest BCUT2D eigenvalue weighted by atomic mass is 32.2. The van der Waals surface area contributed by atoms with Gasteiger partial charge in [0.1, 0.15) is 16.9 Å². The predicted octanol–water partition coefficient (Wildman–Crippen LogP) is 2.03. The number of nitrogens with zero attached hydrogens (tertiary/aromatic N) is 2. The highest BCUT2D eigenvalue weighted by Gasteiger charge is 2.36. The molecule has 0 aromatic heterocycles. The summed E-state index contributed by atoms with van der Waals surface area (Å²) in [5, 5.41) is 9.91. The molecule has 12 heteroatoms. The molecule has 0 aliphatic carbocycles. The quantitative estimate of drug-likeness (QED) is 0.314. The summed E-state index contributed by atoms with van der Waals surface area (Å²) in [6.07, 6.45) is -3.34. The van der Waals surface area contributed by atoms with Crippen molar-refractivity contribution in [1.82, 2.24) is 4.31 Å². The maximum absolute atomic E-state index is 14.3. The van der Waals surface area contributed by atoms with Crippen LogP contribution in [0.25, 0.3) is 0 Å². The third-order valence-corrected chi connectivity index (χ3v) is 6.84. The van der Waals surface area contributed by atoms with E-state index in [1.807, 2.05) is 0 Å². The molecule has 1 amide bonds. The molecule has 3 N–H and O–H groups in total. The molecule has 31 heavy (non-hydrogen) atoms. The van der Waals surface area contributed by atoms with Gasteiger partial charge in [-0.2, -0.15) is 4.31 Å². The van der Waals surface area contributed by atoms with Crippen LogP contribution >= 0.6 is 0 Å². The Bertz CT molecular complexity index is 1110. The number of aliphatic hydroxyl groups excluding tert-OH is 1. The number of benzene rings is 2. The van der Waals surface area contributed by atoms with E-state index in [0.717, 1.165) is 24.3 Å². The molecule has 2 unspecified atom stereocenters. The van der Waals surface area contributed by atoms with Crippen LogP contribution in [0.5, 0.6) is 0 Å². The summed E-state index contributed by atoms with van der Waals surface area (Å²) in [7, 11) is -4.53. The third-order valence-electron chi connectivity index (χ3n) is 4.96. The minimum absolute atomic E-state index is 0.117. The number of hydrogen-bond acceptors (Lipinski definition) is 5. The molecule has 1 saturated heterocycles. The first-order valence-corrected chi connectivity index (χ1v) is 10.5. The Morgan fingerprint density at radius 2 is 1.87 bits per heavy atom. The van der Waals surface area contributed by atoms with Gasteiger partial charge in [-0.3, -0.25) is 4.79 Å². The van der Waals surface area contributed by atoms with E-state index in [4.69, 9.17) is 5.84 Å². The van der Waals surface area contributed by atoms with E-state index in [-0.39, 0.29) is 29.8 Å². The molecule has 0 spiro atoms. The van der Waals surface area contributed by atoms with Crippen LogP contribution in [0.4, 0.5) is 23.2 Å². The van der Waals surface area contributed by atoms with Crippen LogP contribution in [0.1, 0.15) is 22.3 Å². The monoisotopic (exact) mass is 461 g/mol. The topological polar surface area (TPSA) is 104 Å².